The van der Waals surface area contributed by atoms with Gasteiger partial charge in [-0.15, -0.1) is 0 Å². The van der Waals surface area contributed by atoms with Crippen LogP contribution in [-0.4, -0.2) is 18.1 Å². The number of carbonyl (C=O) groups is 1. The first kappa shape index (κ1) is 16.7. The maximum absolute atomic E-state index is 11.1. The van der Waals surface area contributed by atoms with Gasteiger partial charge in [0, 0.05) is 30.1 Å². The molecule has 0 unspecified atom stereocenters. The monoisotopic (exact) mass is 311 g/mol. The largest absolute Gasteiger partial charge is 0.478 e. The van der Waals surface area contributed by atoms with Gasteiger partial charge in [-0.1, -0.05) is 37.3 Å². The fourth-order valence-electron chi connectivity index (χ4n) is 2.31. The molecule has 0 amide bonds. The first-order chi connectivity index (χ1) is 11.1. The van der Waals surface area contributed by atoms with Gasteiger partial charge in [0.05, 0.1) is 0 Å². The number of aryl methyl sites for hydroxylation is 1. The highest BCUT2D eigenvalue weighted by Gasteiger charge is 2.11. The van der Waals surface area contributed by atoms with Gasteiger partial charge in [0.1, 0.15) is 5.70 Å². The topological polar surface area (TPSA) is 74.0 Å². The molecule has 0 saturated heterocycles. The molecule has 0 aliphatic heterocycles. The van der Waals surface area contributed by atoms with Gasteiger partial charge in [-0.05, 0) is 30.9 Å². The summed E-state index contributed by atoms with van der Waals surface area (Å²) in [6, 6.07) is 8.15. The lowest BCUT2D eigenvalue weighted by Gasteiger charge is -2.11. The molecule has 120 valence electrons. The SMILES string of the molecule is CCc1ccc(C(=C/NC2=CCCC(C(=O)O)=C2)/N=N\C)cc1. The predicted octanol–water partition coefficient (Wildman–Crippen LogP) is 3.91. The molecule has 0 aromatic heterocycles. The average molecular weight is 311 g/mol. The number of carboxylic acid groups (broad SMARTS) is 1. The minimum Gasteiger partial charge on any atom is -0.478 e. The molecule has 1 aliphatic carbocycles. The Morgan fingerprint density at radius 2 is 2.09 bits per heavy atom. The van der Waals surface area contributed by atoms with Crippen LogP contribution in [0.5, 0.6) is 0 Å². The van der Waals surface area contributed by atoms with Crippen molar-refractivity contribution in [2.24, 2.45) is 10.2 Å². The Balaban J connectivity index is 2.19. The van der Waals surface area contributed by atoms with Crippen LogP contribution in [0, 0.1) is 0 Å². The van der Waals surface area contributed by atoms with Crippen LogP contribution in [-0.2, 0) is 11.2 Å². The van der Waals surface area contributed by atoms with E-state index in [1.807, 2.05) is 18.2 Å². The van der Waals surface area contributed by atoms with E-state index in [1.165, 1.54) is 5.56 Å². The highest BCUT2D eigenvalue weighted by Crippen LogP contribution is 2.19. The van der Waals surface area contributed by atoms with Gasteiger partial charge in [0.15, 0.2) is 0 Å². The normalized spacial score (nSPS) is 15.3. The number of carboxylic acids is 1. The van der Waals surface area contributed by atoms with E-state index in [2.05, 4.69) is 34.6 Å². The molecule has 1 aliphatic rings. The van der Waals surface area contributed by atoms with Crippen LogP contribution < -0.4 is 5.32 Å². The summed E-state index contributed by atoms with van der Waals surface area (Å²) in [5.74, 6) is -0.870. The molecule has 2 N–H and O–H groups in total. The number of allylic oxidation sites excluding steroid dienone is 2. The van der Waals surface area contributed by atoms with Crippen molar-refractivity contribution in [3.63, 3.8) is 0 Å². The first-order valence-corrected chi connectivity index (χ1v) is 7.64. The number of hydrogen-bond acceptors (Lipinski definition) is 4. The molecular formula is C18H21N3O2. The van der Waals surface area contributed by atoms with E-state index in [9.17, 15) is 4.79 Å². The van der Waals surface area contributed by atoms with Crippen LogP contribution in [0.15, 0.2) is 64.1 Å². The lowest BCUT2D eigenvalue weighted by molar-refractivity contribution is -0.132. The standard InChI is InChI=1S/C18H21N3O2/c1-3-13-7-9-14(10-8-13)17(21-19-2)12-20-16-6-4-5-15(11-16)18(22)23/h6-12,20H,3-5H2,1-2H3,(H,22,23)/b17-12-,21-19-. The summed E-state index contributed by atoms with van der Waals surface area (Å²) in [6.07, 6.45) is 7.64. The molecule has 0 fully saturated rings. The van der Waals surface area contributed by atoms with Crippen molar-refractivity contribution < 1.29 is 9.90 Å². The van der Waals surface area contributed by atoms with E-state index in [4.69, 9.17) is 5.11 Å². The minimum atomic E-state index is -0.870. The Bertz CT molecular complexity index is 683. The maximum Gasteiger partial charge on any atom is 0.331 e. The molecule has 2 rings (SSSR count). The lowest BCUT2D eigenvalue weighted by Crippen LogP contribution is -2.11. The maximum atomic E-state index is 11.1. The second-order valence-electron chi connectivity index (χ2n) is 5.20. The molecule has 0 spiro atoms. The lowest BCUT2D eigenvalue weighted by atomic mass is 10.0. The first-order valence-electron chi connectivity index (χ1n) is 7.64. The fourth-order valence-corrected chi connectivity index (χ4v) is 2.31. The molecule has 23 heavy (non-hydrogen) atoms. The molecule has 1 aromatic carbocycles. The number of nitrogens with zero attached hydrogens (tertiary/aromatic N) is 2. The molecule has 1 aromatic rings. The fraction of sp³-hybridized carbons (Fsp3) is 0.278. The average Bonchev–Trinajstić information content (AvgIpc) is 2.59. The zero-order valence-electron chi connectivity index (χ0n) is 13.4. The van der Waals surface area contributed by atoms with Gasteiger partial charge >= 0.3 is 5.97 Å². The molecule has 5 heteroatoms. The molecule has 0 saturated carbocycles. The molecular weight excluding hydrogens is 290 g/mol. The molecule has 0 radical (unpaired) electrons. The Kier molecular flexibility index (Phi) is 5.86. The minimum absolute atomic E-state index is 0.411. The van der Waals surface area contributed by atoms with Crippen molar-refractivity contribution in [3.05, 3.63) is 65.0 Å². The third-order valence-corrected chi connectivity index (χ3v) is 3.62. The van der Waals surface area contributed by atoms with Gasteiger partial charge in [0.25, 0.3) is 0 Å². The van der Waals surface area contributed by atoms with Crippen LogP contribution in [0.2, 0.25) is 0 Å². The smallest absolute Gasteiger partial charge is 0.331 e. The van der Waals surface area contributed by atoms with Gasteiger partial charge < -0.3 is 10.4 Å². The molecule has 0 heterocycles. The van der Waals surface area contributed by atoms with E-state index < -0.39 is 5.97 Å². The summed E-state index contributed by atoms with van der Waals surface area (Å²) in [7, 11) is 1.62. The van der Waals surface area contributed by atoms with Crippen LogP contribution in [0.3, 0.4) is 0 Å². The van der Waals surface area contributed by atoms with Crippen molar-refractivity contribution in [1.29, 1.82) is 0 Å². The molecule has 0 atom stereocenters. The van der Waals surface area contributed by atoms with Crippen LogP contribution in [0.25, 0.3) is 5.70 Å². The number of benzene rings is 1. The summed E-state index contributed by atoms with van der Waals surface area (Å²) in [6.45, 7) is 2.11. The number of azo groups is 1. The van der Waals surface area contributed by atoms with Gasteiger partial charge in [0.2, 0.25) is 0 Å². The Labute approximate surface area is 136 Å². The van der Waals surface area contributed by atoms with Gasteiger partial charge in [-0.3, -0.25) is 0 Å². The van der Waals surface area contributed by atoms with E-state index in [0.717, 1.165) is 17.7 Å². The Morgan fingerprint density at radius 1 is 1.35 bits per heavy atom. The summed E-state index contributed by atoms with van der Waals surface area (Å²) >= 11 is 0. The van der Waals surface area contributed by atoms with Crippen LogP contribution >= 0.6 is 0 Å². The highest BCUT2D eigenvalue weighted by molar-refractivity contribution is 5.87. The second kappa shape index (κ2) is 8.08. The van der Waals surface area contributed by atoms with Crippen molar-refractivity contribution in [1.82, 2.24) is 5.32 Å². The predicted molar refractivity (Wildman–Crippen MR) is 90.7 cm³/mol. The third-order valence-electron chi connectivity index (χ3n) is 3.62. The summed E-state index contributed by atoms with van der Waals surface area (Å²) in [5, 5.41) is 20.2. The number of rotatable bonds is 6. The van der Waals surface area contributed by atoms with E-state index in [0.29, 0.717) is 24.1 Å². The quantitative estimate of drug-likeness (QED) is 0.782. The van der Waals surface area contributed by atoms with Crippen LogP contribution in [0.4, 0.5) is 0 Å². The Hall–Kier alpha value is -2.69. The summed E-state index contributed by atoms with van der Waals surface area (Å²) in [5.41, 5.74) is 4.10. The van der Waals surface area contributed by atoms with E-state index in [-0.39, 0.29) is 0 Å². The Morgan fingerprint density at radius 3 is 2.70 bits per heavy atom. The number of nitrogens with one attached hydrogen (secondary N) is 1. The highest BCUT2D eigenvalue weighted by atomic mass is 16.4. The van der Waals surface area contributed by atoms with Crippen molar-refractivity contribution in [2.45, 2.75) is 26.2 Å². The van der Waals surface area contributed by atoms with E-state index in [1.54, 1.807) is 19.3 Å². The zero-order chi connectivity index (χ0) is 16.7. The molecule has 0 bridgehead atoms. The number of aliphatic carboxylic acids is 1. The second-order valence-corrected chi connectivity index (χ2v) is 5.20. The zero-order valence-corrected chi connectivity index (χ0v) is 13.4. The van der Waals surface area contributed by atoms with E-state index >= 15 is 0 Å². The summed E-state index contributed by atoms with van der Waals surface area (Å²) in [4.78, 5) is 11.1. The molecule has 5 nitrogen and oxygen atoms in total. The van der Waals surface area contributed by atoms with Crippen molar-refractivity contribution in [3.8, 4) is 0 Å². The van der Waals surface area contributed by atoms with Gasteiger partial charge in [-0.25, -0.2) is 4.79 Å². The number of hydrogen-bond donors (Lipinski definition) is 2. The third kappa shape index (κ3) is 4.64. The van der Waals surface area contributed by atoms with Crippen LogP contribution in [0.1, 0.15) is 30.9 Å². The van der Waals surface area contributed by atoms with Gasteiger partial charge in [-0.2, -0.15) is 10.2 Å². The van der Waals surface area contributed by atoms with Crippen molar-refractivity contribution in [2.75, 3.05) is 7.05 Å². The van der Waals surface area contributed by atoms with Crippen molar-refractivity contribution >= 4 is 11.7 Å². The summed E-state index contributed by atoms with van der Waals surface area (Å²) < 4.78 is 0.